The molecular weight excluding hydrogens is 455 g/mol. The minimum absolute atomic E-state index is 0.00238. The molecule has 1 heterocycles. The van der Waals surface area contributed by atoms with Gasteiger partial charge in [-0.1, -0.05) is 29.8 Å². The van der Waals surface area contributed by atoms with Gasteiger partial charge in [0.25, 0.3) is 11.8 Å². The third-order valence-electron chi connectivity index (χ3n) is 6.12. The summed E-state index contributed by atoms with van der Waals surface area (Å²) in [5, 5.41) is 3.12. The summed E-state index contributed by atoms with van der Waals surface area (Å²) in [5.41, 5.74) is 2.84. The van der Waals surface area contributed by atoms with Gasteiger partial charge in [-0.3, -0.25) is 9.59 Å². The van der Waals surface area contributed by atoms with E-state index in [1.54, 1.807) is 43.5 Å². The molecule has 1 aliphatic rings. The normalized spacial score (nSPS) is 15.6. The lowest BCUT2D eigenvalue weighted by atomic mass is 9.89. The highest BCUT2D eigenvalue weighted by Crippen LogP contribution is 2.29. The zero-order chi connectivity index (χ0) is 24.1. The first-order valence-corrected chi connectivity index (χ1v) is 11.6. The van der Waals surface area contributed by atoms with Crippen LogP contribution in [0.3, 0.4) is 0 Å². The van der Waals surface area contributed by atoms with Crippen molar-refractivity contribution >= 4 is 23.4 Å². The molecule has 1 atom stereocenters. The Balaban J connectivity index is 1.41. The molecule has 4 rings (SSSR count). The number of hydrogen-bond donors (Lipinski definition) is 1. The van der Waals surface area contributed by atoms with Crippen LogP contribution in [0, 0.1) is 5.82 Å². The summed E-state index contributed by atoms with van der Waals surface area (Å²) < 4.78 is 18.4. The number of halogens is 2. The molecule has 0 saturated carbocycles. The quantitative estimate of drug-likeness (QED) is 0.511. The van der Waals surface area contributed by atoms with E-state index in [0.717, 1.165) is 18.4 Å². The lowest BCUT2D eigenvalue weighted by Crippen LogP contribution is -2.39. The van der Waals surface area contributed by atoms with Crippen LogP contribution in [0.2, 0.25) is 5.02 Å². The molecule has 2 amide bonds. The standard InChI is InChI=1S/C27H26ClFN2O3/c1-34-24-11-8-18(9-12-24)27(33)31-13-3-6-22(17-31)19-4-2-5-20(14-19)26(32)30-16-21-7-10-23(29)15-25(21)28/h2,4-5,7-12,14-15,22H,3,6,13,16-17H2,1H3,(H,30,32). The lowest BCUT2D eigenvalue weighted by molar-refractivity contribution is 0.0706. The molecule has 0 aromatic heterocycles. The predicted octanol–water partition coefficient (Wildman–Crippen LogP) is 5.44. The van der Waals surface area contributed by atoms with Crippen molar-refractivity contribution in [2.24, 2.45) is 0 Å². The van der Waals surface area contributed by atoms with Crippen LogP contribution in [-0.2, 0) is 6.54 Å². The Morgan fingerprint density at radius 1 is 1.09 bits per heavy atom. The summed E-state index contributed by atoms with van der Waals surface area (Å²) in [6.07, 6.45) is 1.84. The molecule has 34 heavy (non-hydrogen) atoms. The van der Waals surface area contributed by atoms with Gasteiger partial charge in [-0.05, 0) is 72.5 Å². The van der Waals surface area contributed by atoms with Crippen molar-refractivity contribution in [2.75, 3.05) is 20.2 Å². The van der Waals surface area contributed by atoms with Crippen LogP contribution < -0.4 is 10.1 Å². The lowest BCUT2D eigenvalue weighted by Gasteiger charge is -2.33. The van der Waals surface area contributed by atoms with Crippen LogP contribution in [0.1, 0.15) is 50.6 Å². The number of benzene rings is 3. The van der Waals surface area contributed by atoms with Crippen LogP contribution in [0.5, 0.6) is 5.75 Å². The molecule has 1 aliphatic heterocycles. The van der Waals surface area contributed by atoms with Gasteiger partial charge >= 0.3 is 0 Å². The molecule has 3 aromatic carbocycles. The maximum atomic E-state index is 13.2. The average molecular weight is 481 g/mol. The van der Waals surface area contributed by atoms with Crippen molar-refractivity contribution in [3.8, 4) is 5.75 Å². The van der Waals surface area contributed by atoms with E-state index in [9.17, 15) is 14.0 Å². The molecule has 0 bridgehead atoms. The van der Waals surface area contributed by atoms with Crippen LogP contribution in [-0.4, -0.2) is 36.9 Å². The molecule has 176 valence electrons. The number of ether oxygens (including phenoxy) is 1. The molecule has 1 unspecified atom stereocenters. The van der Waals surface area contributed by atoms with Gasteiger partial charge in [0.15, 0.2) is 0 Å². The number of carbonyl (C=O) groups excluding carboxylic acids is 2. The summed E-state index contributed by atoms with van der Waals surface area (Å²) >= 11 is 6.05. The molecule has 0 spiro atoms. The van der Waals surface area contributed by atoms with Crippen molar-refractivity contribution in [3.63, 3.8) is 0 Å². The van der Waals surface area contributed by atoms with E-state index < -0.39 is 5.82 Å². The van der Waals surface area contributed by atoms with Gasteiger partial charge in [-0.25, -0.2) is 4.39 Å². The summed E-state index contributed by atoms with van der Waals surface area (Å²) in [6.45, 7) is 1.51. The fraction of sp³-hybridized carbons (Fsp3) is 0.259. The fourth-order valence-electron chi connectivity index (χ4n) is 4.23. The second-order valence-electron chi connectivity index (χ2n) is 8.36. The topological polar surface area (TPSA) is 58.6 Å². The van der Waals surface area contributed by atoms with E-state index >= 15 is 0 Å². The van der Waals surface area contributed by atoms with Crippen LogP contribution >= 0.6 is 11.6 Å². The predicted molar refractivity (Wildman–Crippen MR) is 130 cm³/mol. The molecule has 0 radical (unpaired) electrons. The minimum atomic E-state index is -0.417. The maximum absolute atomic E-state index is 13.2. The highest BCUT2D eigenvalue weighted by molar-refractivity contribution is 6.31. The van der Waals surface area contributed by atoms with Crippen molar-refractivity contribution in [1.82, 2.24) is 10.2 Å². The average Bonchev–Trinajstić information content (AvgIpc) is 2.88. The molecule has 5 nitrogen and oxygen atoms in total. The van der Waals surface area contributed by atoms with E-state index in [-0.39, 0.29) is 29.3 Å². The monoisotopic (exact) mass is 480 g/mol. The molecule has 3 aromatic rings. The van der Waals surface area contributed by atoms with Gasteiger partial charge in [0.1, 0.15) is 11.6 Å². The number of nitrogens with zero attached hydrogens (tertiary/aromatic N) is 1. The summed E-state index contributed by atoms with van der Waals surface area (Å²) in [6, 6.07) is 18.7. The number of amides is 2. The van der Waals surface area contributed by atoms with Gasteiger partial charge in [0.05, 0.1) is 7.11 Å². The van der Waals surface area contributed by atoms with Crippen molar-refractivity contribution in [3.05, 3.63) is 99.8 Å². The van der Waals surface area contributed by atoms with E-state index in [0.29, 0.717) is 35.5 Å². The van der Waals surface area contributed by atoms with Crippen molar-refractivity contribution < 1.29 is 18.7 Å². The zero-order valence-corrected chi connectivity index (χ0v) is 19.6. The number of carbonyl (C=O) groups is 2. The van der Waals surface area contributed by atoms with Crippen LogP contribution in [0.4, 0.5) is 4.39 Å². The molecule has 0 aliphatic carbocycles. The number of hydrogen-bond acceptors (Lipinski definition) is 3. The van der Waals surface area contributed by atoms with E-state index in [1.807, 2.05) is 23.1 Å². The minimum Gasteiger partial charge on any atom is -0.497 e. The third kappa shape index (κ3) is 5.57. The third-order valence-corrected chi connectivity index (χ3v) is 6.47. The van der Waals surface area contributed by atoms with E-state index in [1.165, 1.54) is 12.1 Å². The smallest absolute Gasteiger partial charge is 0.253 e. The summed E-state index contributed by atoms with van der Waals surface area (Å²) in [5.74, 6) is 0.210. The van der Waals surface area contributed by atoms with E-state index in [4.69, 9.17) is 16.3 Å². The van der Waals surface area contributed by atoms with Gasteiger partial charge in [-0.2, -0.15) is 0 Å². The Kier molecular flexibility index (Phi) is 7.48. The second kappa shape index (κ2) is 10.7. The molecule has 1 N–H and O–H groups in total. The summed E-state index contributed by atoms with van der Waals surface area (Å²) in [4.78, 5) is 27.6. The van der Waals surface area contributed by atoms with Gasteiger partial charge in [0.2, 0.25) is 0 Å². The van der Waals surface area contributed by atoms with Crippen molar-refractivity contribution in [1.29, 1.82) is 0 Å². The highest BCUT2D eigenvalue weighted by atomic mass is 35.5. The second-order valence-corrected chi connectivity index (χ2v) is 8.77. The number of rotatable bonds is 6. The Labute approximate surface area is 203 Å². The fourth-order valence-corrected chi connectivity index (χ4v) is 4.46. The van der Waals surface area contributed by atoms with E-state index in [2.05, 4.69) is 5.32 Å². The first kappa shape index (κ1) is 23.8. The SMILES string of the molecule is COc1ccc(C(=O)N2CCCC(c3cccc(C(=O)NCc4ccc(F)cc4Cl)c3)C2)cc1. The molecule has 7 heteroatoms. The maximum Gasteiger partial charge on any atom is 0.253 e. The Bertz CT molecular complexity index is 1180. The van der Waals surface area contributed by atoms with Gasteiger partial charge < -0.3 is 15.0 Å². The number of nitrogens with one attached hydrogen (secondary N) is 1. The van der Waals surface area contributed by atoms with Gasteiger partial charge in [0, 0.05) is 41.7 Å². The molecular formula is C27H26ClFN2O3. The Morgan fingerprint density at radius 3 is 2.62 bits per heavy atom. The van der Waals surface area contributed by atoms with Gasteiger partial charge in [-0.15, -0.1) is 0 Å². The number of methoxy groups -OCH3 is 1. The largest absolute Gasteiger partial charge is 0.497 e. The zero-order valence-electron chi connectivity index (χ0n) is 18.9. The first-order valence-electron chi connectivity index (χ1n) is 11.2. The number of piperidine rings is 1. The Morgan fingerprint density at radius 2 is 1.88 bits per heavy atom. The Hall–Kier alpha value is -3.38. The van der Waals surface area contributed by atoms with Crippen LogP contribution in [0.25, 0.3) is 0 Å². The van der Waals surface area contributed by atoms with Crippen molar-refractivity contribution in [2.45, 2.75) is 25.3 Å². The number of likely N-dealkylation sites (tertiary alicyclic amines) is 1. The first-order chi connectivity index (χ1) is 16.4. The highest BCUT2D eigenvalue weighted by Gasteiger charge is 2.26. The molecule has 1 saturated heterocycles. The molecule has 1 fully saturated rings. The van der Waals surface area contributed by atoms with Crippen LogP contribution in [0.15, 0.2) is 66.7 Å². The summed E-state index contributed by atoms with van der Waals surface area (Å²) in [7, 11) is 1.60.